The second-order valence-electron chi connectivity index (χ2n) is 4.27. The van der Waals surface area contributed by atoms with Gasteiger partial charge < -0.3 is 10.4 Å². The van der Waals surface area contributed by atoms with Gasteiger partial charge in [0.1, 0.15) is 5.82 Å². The zero-order chi connectivity index (χ0) is 14.5. The minimum Gasteiger partial charge on any atom is -0.394 e. The van der Waals surface area contributed by atoms with Gasteiger partial charge in [0.15, 0.2) is 0 Å². The summed E-state index contributed by atoms with van der Waals surface area (Å²) in [5, 5.41) is 12.6. The monoisotopic (exact) mass is 293 g/mol. The molecule has 0 aliphatic heterocycles. The van der Waals surface area contributed by atoms with E-state index in [1.54, 1.807) is 24.3 Å². The summed E-state index contributed by atoms with van der Waals surface area (Å²) < 4.78 is 13.1. The summed E-state index contributed by atoms with van der Waals surface area (Å²) in [6.07, 6.45) is 0. The zero-order valence-corrected chi connectivity index (χ0v) is 11.3. The summed E-state index contributed by atoms with van der Waals surface area (Å²) in [7, 11) is 0. The highest BCUT2D eigenvalue weighted by Gasteiger charge is 2.15. The Morgan fingerprint density at radius 3 is 2.55 bits per heavy atom. The fourth-order valence-electron chi connectivity index (χ4n) is 1.80. The maximum Gasteiger partial charge on any atom is 0.251 e. The van der Waals surface area contributed by atoms with Gasteiger partial charge in [-0.05, 0) is 35.9 Å². The van der Waals surface area contributed by atoms with Crippen LogP contribution >= 0.6 is 11.6 Å². The molecule has 2 rings (SSSR count). The number of aliphatic hydroxyl groups excluding tert-OH is 1. The normalized spacial score (nSPS) is 11.9. The highest BCUT2D eigenvalue weighted by atomic mass is 35.5. The van der Waals surface area contributed by atoms with Crippen molar-refractivity contribution in [2.75, 3.05) is 6.61 Å². The third kappa shape index (κ3) is 3.56. The third-order valence-electron chi connectivity index (χ3n) is 2.85. The lowest BCUT2D eigenvalue weighted by atomic mass is 10.1. The minimum atomic E-state index is -0.567. The molecule has 1 atom stereocenters. The van der Waals surface area contributed by atoms with E-state index in [1.165, 1.54) is 18.2 Å². The Labute approximate surface area is 121 Å². The van der Waals surface area contributed by atoms with Gasteiger partial charge in [-0.15, -0.1) is 0 Å². The summed E-state index contributed by atoms with van der Waals surface area (Å²) in [5.41, 5.74) is 0.930. The van der Waals surface area contributed by atoms with Gasteiger partial charge in [0.25, 0.3) is 5.91 Å². The van der Waals surface area contributed by atoms with E-state index < -0.39 is 17.8 Å². The van der Waals surface area contributed by atoms with E-state index in [2.05, 4.69) is 5.32 Å². The van der Waals surface area contributed by atoms with Crippen LogP contribution in [0.2, 0.25) is 5.02 Å². The lowest BCUT2D eigenvalue weighted by Crippen LogP contribution is -2.30. The molecule has 104 valence electrons. The van der Waals surface area contributed by atoms with E-state index in [0.29, 0.717) is 5.02 Å². The predicted molar refractivity (Wildman–Crippen MR) is 75.1 cm³/mol. The van der Waals surface area contributed by atoms with Gasteiger partial charge in [-0.2, -0.15) is 0 Å². The Morgan fingerprint density at radius 2 is 1.95 bits per heavy atom. The second-order valence-corrected chi connectivity index (χ2v) is 4.71. The Balaban J connectivity index is 2.14. The number of amides is 1. The topological polar surface area (TPSA) is 49.3 Å². The number of carbonyl (C=O) groups excluding carboxylic acids is 1. The van der Waals surface area contributed by atoms with E-state index in [-0.39, 0.29) is 12.2 Å². The van der Waals surface area contributed by atoms with Crippen molar-refractivity contribution in [3.8, 4) is 0 Å². The molecule has 0 aliphatic rings. The van der Waals surface area contributed by atoms with Crippen LogP contribution in [0.25, 0.3) is 0 Å². The molecular formula is C15H13ClFNO2. The number of carbonyl (C=O) groups is 1. The molecule has 5 heteroatoms. The SMILES string of the molecule is O=C(NC(CO)c1ccc(Cl)cc1)c1cccc(F)c1. The van der Waals surface area contributed by atoms with Gasteiger partial charge in [0.2, 0.25) is 0 Å². The molecule has 0 aliphatic carbocycles. The van der Waals surface area contributed by atoms with Gasteiger partial charge in [0, 0.05) is 10.6 Å². The number of rotatable bonds is 4. The minimum absolute atomic E-state index is 0.206. The Kier molecular flexibility index (Phi) is 4.71. The van der Waals surface area contributed by atoms with Crippen LogP contribution in [0.1, 0.15) is 22.0 Å². The van der Waals surface area contributed by atoms with Crippen LogP contribution in [0, 0.1) is 5.82 Å². The molecular weight excluding hydrogens is 281 g/mol. The number of benzene rings is 2. The van der Waals surface area contributed by atoms with Gasteiger partial charge in [-0.1, -0.05) is 29.8 Å². The fraction of sp³-hybridized carbons (Fsp3) is 0.133. The van der Waals surface area contributed by atoms with E-state index in [4.69, 9.17) is 11.6 Å². The fourth-order valence-corrected chi connectivity index (χ4v) is 1.93. The summed E-state index contributed by atoms with van der Waals surface area (Å²) in [4.78, 5) is 12.0. The number of nitrogens with one attached hydrogen (secondary N) is 1. The highest BCUT2D eigenvalue weighted by molar-refractivity contribution is 6.30. The third-order valence-corrected chi connectivity index (χ3v) is 3.10. The summed E-state index contributed by atoms with van der Waals surface area (Å²) in [6.45, 7) is -0.261. The van der Waals surface area contributed by atoms with Crippen LogP contribution in [0.3, 0.4) is 0 Å². The summed E-state index contributed by atoms with van der Waals surface area (Å²) >= 11 is 5.79. The molecule has 0 saturated carbocycles. The lowest BCUT2D eigenvalue weighted by Gasteiger charge is -2.17. The Morgan fingerprint density at radius 1 is 1.25 bits per heavy atom. The first-order valence-electron chi connectivity index (χ1n) is 6.03. The highest BCUT2D eigenvalue weighted by Crippen LogP contribution is 2.17. The van der Waals surface area contributed by atoms with Crippen molar-refractivity contribution in [2.45, 2.75) is 6.04 Å². The van der Waals surface area contributed by atoms with Crippen molar-refractivity contribution in [3.05, 3.63) is 70.5 Å². The van der Waals surface area contributed by atoms with E-state index >= 15 is 0 Å². The number of hydrogen-bond acceptors (Lipinski definition) is 2. The second kappa shape index (κ2) is 6.50. The standard InChI is InChI=1S/C15H13ClFNO2/c16-12-6-4-10(5-7-12)14(9-19)18-15(20)11-2-1-3-13(17)8-11/h1-8,14,19H,9H2,(H,18,20). The molecule has 0 radical (unpaired) electrons. The molecule has 1 unspecified atom stereocenters. The average molecular weight is 294 g/mol. The largest absolute Gasteiger partial charge is 0.394 e. The van der Waals surface area contributed by atoms with Crippen molar-refractivity contribution < 1.29 is 14.3 Å². The maximum atomic E-state index is 13.1. The smallest absolute Gasteiger partial charge is 0.251 e. The molecule has 0 fully saturated rings. The molecule has 2 aromatic carbocycles. The van der Waals surface area contributed by atoms with Crippen LogP contribution in [0.5, 0.6) is 0 Å². The lowest BCUT2D eigenvalue weighted by molar-refractivity contribution is 0.0915. The van der Waals surface area contributed by atoms with Crippen molar-refractivity contribution in [1.29, 1.82) is 0 Å². The Hall–Kier alpha value is -1.91. The first-order chi connectivity index (χ1) is 9.60. The number of hydrogen-bond donors (Lipinski definition) is 2. The average Bonchev–Trinajstić information content (AvgIpc) is 2.45. The van der Waals surface area contributed by atoms with Crippen molar-refractivity contribution >= 4 is 17.5 Å². The van der Waals surface area contributed by atoms with Crippen LogP contribution in [0.15, 0.2) is 48.5 Å². The van der Waals surface area contributed by atoms with Crippen molar-refractivity contribution in [2.24, 2.45) is 0 Å². The van der Waals surface area contributed by atoms with Crippen LogP contribution in [-0.4, -0.2) is 17.6 Å². The first-order valence-corrected chi connectivity index (χ1v) is 6.40. The van der Waals surface area contributed by atoms with E-state index in [1.807, 2.05) is 0 Å². The molecule has 3 nitrogen and oxygen atoms in total. The molecule has 0 heterocycles. The molecule has 0 aromatic heterocycles. The van der Waals surface area contributed by atoms with Gasteiger partial charge in [-0.25, -0.2) is 4.39 Å². The van der Waals surface area contributed by atoms with Gasteiger partial charge >= 0.3 is 0 Å². The predicted octanol–water partition coefficient (Wildman–Crippen LogP) is 2.94. The van der Waals surface area contributed by atoms with Crippen LogP contribution in [-0.2, 0) is 0 Å². The quantitative estimate of drug-likeness (QED) is 0.910. The number of aliphatic hydroxyl groups is 1. The summed E-state index contributed by atoms with van der Waals surface area (Å²) in [6, 6.07) is 11.6. The van der Waals surface area contributed by atoms with Crippen LogP contribution in [0.4, 0.5) is 4.39 Å². The molecule has 2 aromatic rings. The van der Waals surface area contributed by atoms with Crippen molar-refractivity contribution in [1.82, 2.24) is 5.32 Å². The van der Waals surface area contributed by atoms with Crippen LogP contribution < -0.4 is 5.32 Å². The first kappa shape index (κ1) is 14.5. The van der Waals surface area contributed by atoms with E-state index in [0.717, 1.165) is 11.6 Å². The van der Waals surface area contributed by atoms with Gasteiger partial charge in [0.05, 0.1) is 12.6 Å². The maximum absolute atomic E-state index is 13.1. The zero-order valence-electron chi connectivity index (χ0n) is 10.5. The van der Waals surface area contributed by atoms with Gasteiger partial charge in [-0.3, -0.25) is 4.79 Å². The molecule has 20 heavy (non-hydrogen) atoms. The molecule has 1 amide bonds. The molecule has 0 saturated heterocycles. The summed E-state index contributed by atoms with van der Waals surface area (Å²) in [5.74, 6) is -0.928. The Bertz CT molecular complexity index is 601. The molecule has 2 N–H and O–H groups in total. The number of halogens is 2. The molecule has 0 bridgehead atoms. The molecule has 0 spiro atoms. The van der Waals surface area contributed by atoms with E-state index in [9.17, 15) is 14.3 Å². The van der Waals surface area contributed by atoms with Crippen molar-refractivity contribution in [3.63, 3.8) is 0 Å².